The molecule has 0 aromatic carbocycles. The third-order valence-corrected chi connectivity index (χ3v) is 1.97. The Morgan fingerprint density at radius 3 is 2.62 bits per heavy atom. The molecule has 0 aliphatic carbocycles. The van der Waals surface area contributed by atoms with Crippen LogP contribution in [0.15, 0.2) is 12.7 Å². The van der Waals surface area contributed by atoms with Crippen molar-refractivity contribution < 1.29 is 14.6 Å². The number of carbonyl (C=O) groups excluding carboxylic acids is 1. The summed E-state index contributed by atoms with van der Waals surface area (Å²) in [6.07, 6.45) is 3.37. The van der Waals surface area contributed by atoms with Crippen molar-refractivity contribution in [2.45, 2.75) is 39.7 Å². The lowest BCUT2D eigenvalue weighted by atomic mass is 9.99. The maximum Gasteiger partial charge on any atom is 0.339 e. The molecule has 0 N–H and O–H groups in total. The minimum atomic E-state index is -0.419. The van der Waals surface area contributed by atoms with E-state index in [9.17, 15) is 4.79 Å². The fourth-order valence-corrected chi connectivity index (χ4v) is 0.923. The molecule has 0 radical (unpaired) electrons. The van der Waals surface area contributed by atoms with Crippen molar-refractivity contribution in [3.63, 3.8) is 0 Å². The van der Waals surface area contributed by atoms with E-state index in [1.807, 2.05) is 0 Å². The summed E-state index contributed by atoms with van der Waals surface area (Å²) < 4.78 is 0. The van der Waals surface area contributed by atoms with Crippen LogP contribution in [0.3, 0.4) is 0 Å². The van der Waals surface area contributed by atoms with Gasteiger partial charge in [-0.25, -0.2) is 4.79 Å². The number of hydrogen-bond acceptors (Lipinski definition) is 3. The summed E-state index contributed by atoms with van der Waals surface area (Å²) in [7, 11) is 0. The molecular formula is C10H18O3. The maximum atomic E-state index is 10.5. The van der Waals surface area contributed by atoms with Gasteiger partial charge >= 0.3 is 5.97 Å². The molecule has 0 saturated heterocycles. The molecule has 2 unspecified atom stereocenters. The van der Waals surface area contributed by atoms with E-state index in [1.165, 1.54) is 6.92 Å². The Morgan fingerprint density at radius 2 is 2.23 bits per heavy atom. The summed E-state index contributed by atoms with van der Waals surface area (Å²) in [5.74, 6) is -0.0604. The second-order valence-electron chi connectivity index (χ2n) is 3.12. The van der Waals surface area contributed by atoms with E-state index < -0.39 is 5.97 Å². The van der Waals surface area contributed by atoms with Crippen LogP contribution in [-0.4, -0.2) is 12.1 Å². The predicted molar refractivity (Wildman–Crippen MR) is 50.9 cm³/mol. The molecule has 0 bridgehead atoms. The molecule has 13 heavy (non-hydrogen) atoms. The molecule has 0 rings (SSSR count). The fraction of sp³-hybridized carbons (Fsp3) is 0.700. The van der Waals surface area contributed by atoms with Gasteiger partial charge in [0, 0.05) is 6.92 Å². The number of rotatable bonds is 6. The summed E-state index contributed by atoms with van der Waals surface area (Å²) in [5.41, 5.74) is 0. The van der Waals surface area contributed by atoms with Gasteiger partial charge < -0.3 is 0 Å². The quantitative estimate of drug-likeness (QED) is 0.363. The highest BCUT2D eigenvalue weighted by Crippen LogP contribution is 2.15. The molecule has 3 nitrogen and oxygen atoms in total. The zero-order valence-corrected chi connectivity index (χ0v) is 8.58. The lowest BCUT2D eigenvalue weighted by Crippen LogP contribution is -2.22. The van der Waals surface area contributed by atoms with Crippen LogP contribution in [0.5, 0.6) is 0 Å². The highest BCUT2D eigenvalue weighted by Gasteiger charge is 2.17. The number of hydrogen-bond donors (Lipinski definition) is 0. The first kappa shape index (κ1) is 12.2. The van der Waals surface area contributed by atoms with E-state index in [4.69, 9.17) is 4.89 Å². The van der Waals surface area contributed by atoms with Crippen molar-refractivity contribution in [1.29, 1.82) is 0 Å². The Balaban J connectivity index is 3.92. The lowest BCUT2D eigenvalue weighted by Gasteiger charge is -2.19. The summed E-state index contributed by atoms with van der Waals surface area (Å²) in [5, 5.41) is 0. The third kappa shape index (κ3) is 5.42. The molecule has 0 heterocycles. The molecule has 0 fully saturated rings. The molecule has 2 atom stereocenters. The molecule has 0 aromatic rings. The molecule has 0 aromatic heterocycles. The first-order valence-corrected chi connectivity index (χ1v) is 4.56. The van der Waals surface area contributed by atoms with Gasteiger partial charge in [0.1, 0.15) is 6.10 Å². The van der Waals surface area contributed by atoms with Crippen LogP contribution in [-0.2, 0) is 14.6 Å². The highest BCUT2D eigenvalue weighted by molar-refractivity contribution is 5.65. The van der Waals surface area contributed by atoms with Gasteiger partial charge in [0.25, 0.3) is 0 Å². The van der Waals surface area contributed by atoms with E-state index in [1.54, 1.807) is 6.08 Å². The minimum absolute atomic E-state index is 0.0774. The topological polar surface area (TPSA) is 35.5 Å². The van der Waals surface area contributed by atoms with Gasteiger partial charge in [0.05, 0.1) is 0 Å². The van der Waals surface area contributed by atoms with E-state index in [0.29, 0.717) is 12.3 Å². The maximum absolute atomic E-state index is 10.5. The molecule has 0 spiro atoms. The van der Waals surface area contributed by atoms with Crippen LogP contribution >= 0.6 is 0 Å². The first-order chi connectivity index (χ1) is 6.11. The normalized spacial score (nSPS) is 14.7. The van der Waals surface area contributed by atoms with E-state index >= 15 is 0 Å². The smallest absolute Gasteiger partial charge is 0.298 e. The van der Waals surface area contributed by atoms with Crippen LogP contribution in [0.1, 0.15) is 33.6 Å². The second-order valence-corrected chi connectivity index (χ2v) is 3.12. The van der Waals surface area contributed by atoms with Gasteiger partial charge in [-0.1, -0.05) is 26.3 Å². The van der Waals surface area contributed by atoms with Crippen LogP contribution in [0.2, 0.25) is 0 Å². The number of carbonyl (C=O) groups is 1. The van der Waals surface area contributed by atoms with Gasteiger partial charge in [0.15, 0.2) is 0 Å². The summed E-state index contributed by atoms with van der Waals surface area (Å²) in [6, 6.07) is 0. The van der Waals surface area contributed by atoms with Gasteiger partial charge in [-0.05, 0) is 12.3 Å². The van der Waals surface area contributed by atoms with Gasteiger partial charge in [-0.3, -0.25) is 4.89 Å². The Bertz CT molecular complexity index is 166. The lowest BCUT2D eigenvalue weighted by molar-refractivity contribution is -0.303. The standard InChI is InChI=1S/C10H18O3/c1-5-7-10(8(3)6-2)13-12-9(4)11/h5,8,10H,1,6-7H2,2-4H3. The SMILES string of the molecule is C=CCC(OOC(C)=O)C(C)CC. The molecule has 76 valence electrons. The van der Waals surface area contributed by atoms with Gasteiger partial charge in [-0.2, -0.15) is 4.89 Å². The van der Waals surface area contributed by atoms with E-state index in [-0.39, 0.29) is 6.10 Å². The molecule has 3 heteroatoms. The average Bonchev–Trinajstić information content (AvgIpc) is 2.10. The van der Waals surface area contributed by atoms with Crippen LogP contribution in [0.4, 0.5) is 0 Å². The van der Waals surface area contributed by atoms with E-state index in [2.05, 4.69) is 25.3 Å². The first-order valence-electron chi connectivity index (χ1n) is 4.56. The fourth-order valence-electron chi connectivity index (χ4n) is 0.923. The Hall–Kier alpha value is -0.830. The zero-order chi connectivity index (χ0) is 10.3. The van der Waals surface area contributed by atoms with Crippen molar-refractivity contribution in [3.8, 4) is 0 Å². The van der Waals surface area contributed by atoms with Crippen LogP contribution in [0, 0.1) is 5.92 Å². The highest BCUT2D eigenvalue weighted by atomic mass is 17.2. The third-order valence-electron chi connectivity index (χ3n) is 1.97. The monoisotopic (exact) mass is 186 g/mol. The van der Waals surface area contributed by atoms with Crippen LogP contribution < -0.4 is 0 Å². The average molecular weight is 186 g/mol. The molecular weight excluding hydrogens is 168 g/mol. The predicted octanol–water partition coefficient (Wildman–Crippen LogP) is 2.47. The van der Waals surface area contributed by atoms with Crippen molar-refractivity contribution in [1.82, 2.24) is 0 Å². The van der Waals surface area contributed by atoms with Crippen molar-refractivity contribution in [3.05, 3.63) is 12.7 Å². The Kier molecular flexibility index (Phi) is 6.24. The van der Waals surface area contributed by atoms with Crippen molar-refractivity contribution in [2.24, 2.45) is 5.92 Å². The van der Waals surface area contributed by atoms with Crippen molar-refractivity contribution in [2.75, 3.05) is 0 Å². The van der Waals surface area contributed by atoms with Crippen molar-refractivity contribution >= 4 is 5.97 Å². The molecule has 0 amide bonds. The van der Waals surface area contributed by atoms with Crippen LogP contribution in [0.25, 0.3) is 0 Å². The Labute approximate surface area is 79.7 Å². The second kappa shape index (κ2) is 6.66. The molecule has 0 saturated carbocycles. The van der Waals surface area contributed by atoms with Gasteiger partial charge in [0.2, 0.25) is 0 Å². The largest absolute Gasteiger partial charge is 0.339 e. The zero-order valence-electron chi connectivity index (χ0n) is 8.58. The summed E-state index contributed by atoms with van der Waals surface area (Å²) >= 11 is 0. The summed E-state index contributed by atoms with van der Waals surface area (Å²) in [4.78, 5) is 20.0. The molecule has 0 aliphatic heterocycles. The summed E-state index contributed by atoms with van der Waals surface area (Å²) in [6.45, 7) is 9.07. The van der Waals surface area contributed by atoms with E-state index in [0.717, 1.165) is 6.42 Å². The molecule has 0 aliphatic rings. The Morgan fingerprint density at radius 1 is 1.62 bits per heavy atom. The minimum Gasteiger partial charge on any atom is -0.298 e. The van der Waals surface area contributed by atoms with Gasteiger partial charge in [-0.15, -0.1) is 6.58 Å².